The molecule has 0 saturated carbocycles. The predicted molar refractivity (Wildman–Crippen MR) is 61.9 cm³/mol. The number of aliphatic carboxylic acids is 1. The van der Waals surface area contributed by atoms with Crippen molar-refractivity contribution in [3.8, 4) is 5.75 Å². The van der Waals surface area contributed by atoms with Crippen molar-refractivity contribution in [1.29, 1.82) is 0 Å². The van der Waals surface area contributed by atoms with Gasteiger partial charge in [-0.3, -0.25) is 9.59 Å². The van der Waals surface area contributed by atoms with Gasteiger partial charge in [-0.1, -0.05) is 12.1 Å². The normalized spacial score (nSPS) is 11.8. The molecule has 0 bridgehead atoms. The molecular weight excluding hydrogens is 222 g/mol. The van der Waals surface area contributed by atoms with Crippen molar-refractivity contribution >= 4 is 11.9 Å². The van der Waals surface area contributed by atoms with Gasteiger partial charge in [0, 0.05) is 12.5 Å². The van der Waals surface area contributed by atoms with Crippen molar-refractivity contribution in [3.63, 3.8) is 0 Å². The molecule has 0 aliphatic rings. The number of amides is 1. The monoisotopic (exact) mass is 237 g/mol. The highest BCUT2D eigenvalue weighted by atomic mass is 16.4. The number of carboxylic acid groups (broad SMARTS) is 1. The summed E-state index contributed by atoms with van der Waals surface area (Å²) in [4.78, 5) is 22.1. The number of para-hydroxylation sites is 1. The Hall–Kier alpha value is -2.04. The number of rotatable bonds is 5. The molecule has 0 fully saturated rings. The van der Waals surface area contributed by atoms with E-state index in [4.69, 9.17) is 5.11 Å². The lowest BCUT2D eigenvalue weighted by molar-refractivity contribution is -0.137. The van der Waals surface area contributed by atoms with E-state index in [0.29, 0.717) is 6.42 Å². The molecule has 17 heavy (non-hydrogen) atoms. The molecule has 0 heterocycles. The molecule has 1 atom stereocenters. The first kappa shape index (κ1) is 13.0. The SMILES string of the molecule is CC(CCC(=O)O)NC(=O)c1ccccc1O. The van der Waals surface area contributed by atoms with Gasteiger partial charge in [0.15, 0.2) is 0 Å². The minimum Gasteiger partial charge on any atom is -0.507 e. The average Bonchev–Trinajstić information content (AvgIpc) is 2.26. The molecule has 1 rings (SSSR count). The van der Waals surface area contributed by atoms with E-state index in [2.05, 4.69) is 5.32 Å². The van der Waals surface area contributed by atoms with Gasteiger partial charge in [0.1, 0.15) is 5.75 Å². The quantitative estimate of drug-likeness (QED) is 0.722. The van der Waals surface area contributed by atoms with Crippen LogP contribution in [-0.4, -0.2) is 28.1 Å². The van der Waals surface area contributed by atoms with Crippen LogP contribution >= 0.6 is 0 Å². The molecule has 5 nitrogen and oxygen atoms in total. The van der Waals surface area contributed by atoms with E-state index in [-0.39, 0.29) is 23.8 Å². The number of carbonyl (C=O) groups excluding carboxylic acids is 1. The van der Waals surface area contributed by atoms with Crippen LogP contribution in [0.3, 0.4) is 0 Å². The third-order valence-corrected chi connectivity index (χ3v) is 2.32. The summed E-state index contributed by atoms with van der Waals surface area (Å²) in [6, 6.07) is 5.96. The summed E-state index contributed by atoms with van der Waals surface area (Å²) >= 11 is 0. The largest absolute Gasteiger partial charge is 0.507 e. The molecule has 92 valence electrons. The fourth-order valence-corrected chi connectivity index (χ4v) is 1.38. The lowest BCUT2D eigenvalue weighted by Crippen LogP contribution is -2.32. The minimum absolute atomic E-state index is 0.00220. The van der Waals surface area contributed by atoms with Crippen molar-refractivity contribution in [2.45, 2.75) is 25.8 Å². The van der Waals surface area contributed by atoms with Crippen molar-refractivity contribution in [1.82, 2.24) is 5.32 Å². The highest BCUT2D eigenvalue weighted by molar-refractivity contribution is 5.96. The Bertz CT molecular complexity index is 417. The molecule has 5 heteroatoms. The number of carbonyl (C=O) groups is 2. The van der Waals surface area contributed by atoms with Crippen LogP contribution in [0.15, 0.2) is 24.3 Å². The van der Waals surface area contributed by atoms with Gasteiger partial charge in [0.25, 0.3) is 5.91 Å². The number of benzene rings is 1. The molecular formula is C12H15NO4. The number of hydrogen-bond donors (Lipinski definition) is 3. The molecule has 1 unspecified atom stereocenters. The van der Waals surface area contributed by atoms with Crippen molar-refractivity contribution in [2.24, 2.45) is 0 Å². The molecule has 0 aromatic heterocycles. The number of aromatic hydroxyl groups is 1. The van der Waals surface area contributed by atoms with Crippen LogP contribution in [0.1, 0.15) is 30.1 Å². The van der Waals surface area contributed by atoms with Gasteiger partial charge in [0.05, 0.1) is 5.56 Å². The van der Waals surface area contributed by atoms with E-state index in [9.17, 15) is 14.7 Å². The molecule has 0 spiro atoms. The lowest BCUT2D eigenvalue weighted by Gasteiger charge is -2.13. The molecule has 1 aromatic carbocycles. The van der Waals surface area contributed by atoms with E-state index >= 15 is 0 Å². The summed E-state index contributed by atoms with van der Waals surface area (Å²) in [6.07, 6.45) is 0.358. The predicted octanol–water partition coefficient (Wildman–Crippen LogP) is 1.38. The fourth-order valence-electron chi connectivity index (χ4n) is 1.38. The first-order chi connectivity index (χ1) is 8.00. The van der Waals surface area contributed by atoms with Gasteiger partial charge in [-0.25, -0.2) is 0 Å². The summed E-state index contributed by atoms with van der Waals surface area (Å²) in [6.45, 7) is 1.72. The topological polar surface area (TPSA) is 86.6 Å². The third kappa shape index (κ3) is 4.14. The Morgan fingerprint density at radius 1 is 1.35 bits per heavy atom. The molecule has 0 radical (unpaired) electrons. The number of phenolic OH excluding ortho intramolecular Hbond substituents is 1. The summed E-state index contributed by atoms with van der Waals surface area (Å²) in [5.41, 5.74) is 0.190. The Balaban J connectivity index is 2.55. The van der Waals surface area contributed by atoms with Gasteiger partial charge in [0.2, 0.25) is 0 Å². The van der Waals surface area contributed by atoms with Crippen LogP contribution in [0.4, 0.5) is 0 Å². The van der Waals surface area contributed by atoms with Gasteiger partial charge in [-0.2, -0.15) is 0 Å². The van der Waals surface area contributed by atoms with Crippen molar-refractivity contribution < 1.29 is 19.8 Å². The van der Waals surface area contributed by atoms with Crippen LogP contribution in [-0.2, 0) is 4.79 Å². The van der Waals surface area contributed by atoms with Crippen LogP contribution in [0.2, 0.25) is 0 Å². The average molecular weight is 237 g/mol. The zero-order valence-electron chi connectivity index (χ0n) is 9.51. The second-order valence-corrected chi connectivity index (χ2v) is 3.82. The second-order valence-electron chi connectivity index (χ2n) is 3.82. The zero-order chi connectivity index (χ0) is 12.8. The minimum atomic E-state index is -0.895. The lowest BCUT2D eigenvalue weighted by atomic mass is 10.1. The highest BCUT2D eigenvalue weighted by Crippen LogP contribution is 2.15. The van der Waals surface area contributed by atoms with Crippen LogP contribution in [0, 0.1) is 0 Å². The van der Waals surface area contributed by atoms with Crippen molar-refractivity contribution in [3.05, 3.63) is 29.8 Å². The highest BCUT2D eigenvalue weighted by Gasteiger charge is 2.13. The molecule has 0 aliphatic heterocycles. The van der Waals surface area contributed by atoms with E-state index in [0.717, 1.165) is 0 Å². The first-order valence-electron chi connectivity index (χ1n) is 5.31. The molecule has 1 amide bonds. The Morgan fingerprint density at radius 2 is 2.00 bits per heavy atom. The fraction of sp³-hybridized carbons (Fsp3) is 0.333. The standard InChI is InChI=1S/C12H15NO4/c1-8(6-7-11(15)16)13-12(17)9-4-2-3-5-10(9)14/h2-5,8,14H,6-7H2,1H3,(H,13,17)(H,15,16). The van der Waals surface area contributed by atoms with Gasteiger partial charge in [-0.05, 0) is 25.5 Å². The Labute approximate surface area is 99.1 Å². The maximum absolute atomic E-state index is 11.7. The molecule has 1 aromatic rings. The molecule has 0 saturated heterocycles. The Morgan fingerprint density at radius 3 is 2.59 bits per heavy atom. The van der Waals surface area contributed by atoms with E-state index in [1.165, 1.54) is 12.1 Å². The number of nitrogens with one attached hydrogen (secondary N) is 1. The smallest absolute Gasteiger partial charge is 0.303 e. The van der Waals surface area contributed by atoms with Crippen molar-refractivity contribution in [2.75, 3.05) is 0 Å². The van der Waals surface area contributed by atoms with Gasteiger partial charge < -0.3 is 15.5 Å². The van der Waals surface area contributed by atoms with Crippen LogP contribution in [0.25, 0.3) is 0 Å². The van der Waals surface area contributed by atoms with E-state index in [1.54, 1.807) is 19.1 Å². The summed E-state index contributed by atoms with van der Waals surface area (Å²) in [7, 11) is 0. The number of carboxylic acids is 1. The summed E-state index contributed by atoms with van der Waals surface area (Å²) in [5, 5.41) is 20.6. The summed E-state index contributed by atoms with van der Waals surface area (Å²) in [5.74, 6) is -1.38. The second kappa shape index (κ2) is 5.89. The number of hydrogen-bond acceptors (Lipinski definition) is 3. The van der Waals surface area contributed by atoms with Crippen LogP contribution < -0.4 is 5.32 Å². The molecule has 3 N–H and O–H groups in total. The third-order valence-electron chi connectivity index (χ3n) is 2.32. The van der Waals surface area contributed by atoms with Gasteiger partial charge in [-0.15, -0.1) is 0 Å². The number of phenols is 1. The Kier molecular flexibility index (Phi) is 4.51. The maximum Gasteiger partial charge on any atom is 0.303 e. The van der Waals surface area contributed by atoms with E-state index < -0.39 is 11.9 Å². The molecule has 0 aliphatic carbocycles. The zero-order valence-corrected chi connectivity index (χ0v) is 9.51. The van der Waals surface area contributed by atoms with E-state index in [1.807, 2.05) is 0 Å². The maximum atomic E-state index is 11.7. The first-order valence-corrected chi connectivity index (χ1v) is 5.31. The van der Waals surface area contributed by atoms with Crippen LogP contribution in [0.5, 0.6) is 5.75 Å². The summed E-state index contributed by atoms with van der Waals surface area (Å²) < 4.78 is 0. The van der Waals surface area contributed by atoms with Gasteiger partial charge >= 0.3 is 5.97 Å².